The highest BCUT2D eigenvalue weighted by atomic mass is 32.2. The lowest BCUT2D eigenvalue weighted by molar-refractivity contribution is -0.143. The molecule has 9 heteroatoms. The van der Waals surface area contributed by atoms with Crippen LogP contribution in [0, 0.1) is 17.8 Å². The highest BCUT2D eigenvalue weighted by Crippen LogP contribution is 2.69. The number of benzene rings is 1. The van der Waals surface area contributed by atoms with E-state index in [4.69, 9.17) is 4.74 Å². The number of ether oxygens (including phenoxy) is 1. The summed E-state index contributed by atoms with van der Waals surface area (Å²) < 4.78 is 4.87. The zero-order valence-electron chi connectivity index (χ0n) is 24.1. The molecule has 3 amide bonds. The third-order valence-electron chi connectivity index (χ3n) is 8.59. The molecule has 3 aliphatic rings. The van der Waals surface area contributed by atoms with Crippen molar-refractivity contribution in [1.29, 1.82) is 0 Å². The van der Waals surface area contributed by atoms with Crippen molar-refractivity contribution in [3.8, 4) is 5.75 Å². The second-order valence-corrected chi connectivity index (χ2v) is 12.7. The molecule has 6 atom stereocenters. The van der Waals surface area contributed by atoms with Gasteiger partial charge in [0, 0.05) is 43.2 Å². The van der Waals surface area contributed by atoms with E-state index < -0.39 is 22.6 Å². The number of amides is 3. The molecule has 1 spiro atoms. The smallest absolute Gasteiger partial charge is 0.247 e. The maximum absolute atomic E-state index is 14.4. The lowest BCUT2D eigenvalue weighted by Crippen LogP contribution is -2.58. The second kappa shape index (κ2) is 12.4. The number of aliphatic hydroxyl groups excluding tert-OH is 1. The fourth-order valence-corrected chi connectivity index (χ4v) is 9.34. The molecule has 1 aromatic carbocycles. The average molecular weight is 570 g/mol. The monoisotopic (exact) mass is 569 g/mol. The third-order valence-corrected chi connectivity index (χ3v) is 10.7. The summed E-state index contributed by atoms with van der Waals surface area (Å²) in [4.78, 5) is 48.1. The van der Waals surface area contributed by atoms with E-state index in [0.717, 1.165) is 17.9 Å². The van der Waals surface area contributed by atoms with Crippen LogP contribution in [0.4, 0.5) is 5.69 Å². The zero-order chi connectivity index (χ0) is 29.2. The van der Waals surface area contributed by atoms with E-state index in [0.29, 0.717) is 26.1 Å². The zero-order valence-corrected chi connectivity index (χ0v) is 24.9. The second-order valence-electron chi connectivity index (χ2n) is 11.2. The van der Waals surface area contributed by atoms with Crippen molar-refractivity contribution in [1.82, 2.24) is 9.80 Å². The van der Waals surface area contributed by atoms with E-state index in [9.17, 15) is 19.5 Å². The van der Waals surface area contributed by atoms with Crippen molar-refractivity contribution in [3.05, 3.63) is 49.6 Å². The van der Waals surface area contributed by atoms with Crippen LogP contribution >= 0.6 is 11.8 Å². The van der Waals surface area contributed by atoms with Gasteiger partial charge < -0.3 is 24.5 Å². The molecular formula is C31H43N3O5S. The molecule has 40 heavy (non-hydrogen) atoms. The molecule has 2 bridgehead atoms. The fourth-order valence-electron chi connectivity index (χ4n) is 6.93. The summed E-state index contributed by atoms with van der Waals surface area (Å²) in [5.41, 5.74) is 0.718. The minimum absolute atomic E-state index is 0.0614. The van der Waals surface area contributed by atoms with Gasteiger partial charge in [0.05, 0.1) is 23.2 Å². The largest absolute Gasteiger partial charge is 0.494 e. The number of likely N-dealkylation sites (tertiary alicyclic amines) is 1. The van der Waals surface area contributed by atoms with E-state index in [-0.39, 0.29) is 48.1 Å². The topological polar surface area (TPSA) is 90.4 Å². The first kappa shape index (κ1) is 30.2. The summed E-state index contributed by atoms with van der Waals surface area (Å²) >= 11 is 1.67. The SMILES string of the molecule is C=CCN(C(=O)[C@@H]1[C@@H]2CC(C)C3(S2)C(C(=O)N(CC=C)C(C)C)N(CCCO)C(=O)[C@H]13)c1ccc(OCC)cc1. The summed E-state index contributed by atoms with van der Waals surface area (Å²) in [7, 11) is 0. The van der Waals surface area contributed by atoms with Crippen LogP contribution in [0.1, 0.15) is 40.5 Å². The Labute approximate surface area is 242 Å². The number of nitrogens with zero attached hydrogens (tertiary/aromatic N) is 3. The minimum Gasteiger partial charge on any atom is -0.494 e. The molecule has 3 saturated heterocycles. The maximum Gasteiger partial charge on any atom is 0.247 e. The van der Waals surface area contributed by atoms with Gasteiger partial charge in [-0.15, -0.1) is 24.9 Å². The molecular weight excluding hydrogens is 526 g/mol. The number of fused-ring (bicyclic) bond motifs is 1. The Morgan fingerprint density at radius 2 is 1.88 bits per heavy atom. The molecule has 1 N–H and O–H groups in total. The van der Waals surface area contributed by atoms with Crippen LogP contribution in [-0.4, -0.2) is 87.6 Å². The normalized spacial score (nSPS) is 28.5. The van der Waals surface area contributed by atoms with Gasteiger partial charge in [-0.3, -0.25) is 14.4 Å². The Balaban J connectivity index is 1.75. The highest BCUT2D eigenvalue weighted by Gasteiger charge is 2.76. The van der Waals surface area contributed by atoms with E-state index >= 15 is 0 Å². The lowest BCUT2D eigenvalue weighted by Gasteiger charge is -2.41. The summed E-state index contributed by atoms with van der Waals surface area (Å²) in [5, 5.41) is 9.56. The van der Waals surface area contributed by atoms with Gasteiger partial charge in [0.1, 0.15) is 11.8 Å². The molecule has 0 radical (unpaired) electrons. The summed E-state index contributed by atoms with van der Waals surface area (Å²) in [6.45, 7) is 17.1. The van der Waals surface area contributed by atoms with Gasteiger partial charge in [-0.25, -0.2) is 0 Å². The molecule has 3 fully saturated rings. The van der Waals surface area contributed by atoms with Crippen molar-refractivity contribution < 1.29 is 24.2 Å². The van der Waals surface area contributed by atoms with Crippen LogP contribution in [0.3, 0.4) is 0 Å². The molecule has 3 unspecified atom stereocenters. The molecule has 8 nitrogen and oxygen atoms in total. The molecule has 0 aromatic heterocycles. The predicted octanol–water partition coefficient (Wildman–Crippen LogP) is 3.75. The number of carbonyl (C=O) groups excluding carboxylic acids is 3. The first-order valence-electron chi connectivity index (χ1n) is 14.3. The van der Waals surface area contributed by atoms with Crippen LogP contribution in [0.25, 0.3) is 0 Å². The molecule has 0 aliphatic carbocycles. The number of anilines is 1. The number of hydrogen-bond donors (Lipinski definition) is 1. The van der Waals surface area contributed by atoms with E-state index in [2.05, 4.69) is 20.1 Å². The Bertz CT molecular complexity index is 1120. The van der Waals surface area contributed by atoms with Crippen LogP contribution < -0.4 is 9.64 Å². The minimum atomic E-state index is -0.707. The van der Waals surface area contributed by atoms with Gasteiger partial charge in [-0.1, -0.05) is 19.1 Å². The quantitative estimate of drug-likeness (QED) is 0.364. The third kappa shape index (κ3) is 4.96. The fraction of sp³-hybridized carbons (Fsp3) is 0.581. The Morgan fingerprint density at radius 1 is 1.20 bits per heavy atom. The summed E-state index contributed by atoms with van der Waals surface area (Å²) in [5.74, 6) is -0.742. The van der Waals surface area contributed by atoms with Crippen LogP contribution in [0.5, 0.6) is 5.75 Å². The van der Waals surface area contributed by atoms with Crippen LogP contribution in [-0.2, 0) is 14.4 Å². The van der Waals surface area contributed by atoms with Crippen molar-refractivity contribution in [2.75, 3.05) is 37.7 Å². The van der Waals surface area contributed by atoms with Crippen molar-refractivity contribution >= 4 is 35.2 Å². The first-order valence-corrected chi connectivity index (χ1v) is 15.2. The van der Waals surface area contributed by atoms with Crippen molar-refractivity contribution in [2.24, 2.45) is 17.8 Å². The molecule has 0 saturated carbocycles. The van der Waals surface area contributed by atoms with Crippen molar-refractivity contribution in [2.45, 2.75) is 62.6 Å². The number of aliphatic hydroxyl groups is 1. The molecule has 1 aromatic rings. The number of carbonyl (C=O) groups is 3. The van der Waals surface area contributed by atoms with Gasteiger partial charge >= 0.3 is 0 Å². The Morgan fingerprint density at radius 3 is 2.45 bits per heavy atom. The van der Waals surface area contributed by atoms with Gasteiger partial charge in [0.2, 0.25) is 17.7 Å². The van der Waals surface area contributed by atoms with E-state index in [1.807, 2.05) is 45.0 Å². The Kier molecular flexibility index (Phi) is 9.35. The Hall–Kier alpha value is -2.78. The van der Waals surface area contributed by atoms with Crippen LogP contribution in [0.2, 0.25) is 0 Å². The standard InChI is InChI=1S/C31H43N3O5S/c1-7-15-32(20(4)5)30(38)27-31-21(6)19-24(40-31)25(26(31)29(37)34(27)17-10-18-35)28(36)33(16-8-2)22-11-13-23(14-12-22)39-9-3/h7-8,11-14,20-21,24-27,35H,1-2,9-10,15-19H2,3-6H3/t21?,24-,25+,26-,27?,31?/m0/s1. The van der Waals surface area contributed by atoms with E-state index in [1.165, 1.54) is 0 Å². The molecule has 4 rings (SSSR count). The van der Waals surface area contributed by atoms with Gasteiger partial charge in [0.15, 0.2) is 0 Å². The summed E-state index contributed by atoms with van der Waals surface area (Å²) in [6.07, 6.45) is 4.54. The molecule has 218 valence electrons. The van der Waals surface area contributed by atoms with E-state index in [1.54, 1.807) is 38.6 Å². The van der Waals surface area contributed by atoms with Gasteiger partial charge in [-0.05, 0) is 63.8 Å². The average Bonchev–Trinajstić information content (AvgIpc) is 3.52. The van der Waals surface area contributed by atoms with Crippen LogP contribution in [0.15, 0.2) is 49.6 Å². The first-order chi connectivity index (χ1) is 19.2. The number of rotatable bonds is 13. The maximum atomic E-state index is 14.4. The number of thioether (sulfide) groups is 1. The summed E-state index contributed by atoms with van der Waals surface area (Å²) in [6, 6.07) is 6.63. The molecule has 3 aliphatic heterocycles. The molecule has 3 heterocycles. The number of hydrogen-bond acceptors (Lipinski definition) is 6. The van der Waals surface area contributed by atoms with Gasteiger partial charge in [-0.2, -0.15) is 0 Å². The highest BCUT2D eigenvalue weighted by molar-refractivity contribution is 8.02. The predicted molar refractivity (Wildman–Crippen MR) is 159 cm³/mol. The van der Waals surface area contributed by atoms with Crippen molar-refractivity contribution in [3.63, 3.8) is 0 Å². The lowest BCUT2D eigenvalue weighted by atomic mass is 9.65. The van der Waals surface area contributed by atoms with Gasteiger partial charge in [0.25, 0.3) is 0 Å².